The summed E-state index contributed by atoms with van der Waals surface area (Å²) >= 11 is 13.3. The molecule has 2 unspecified atom stereocenters. The smallest absolute Gasteiger partial charge is 0.0566 e. The summed E-state index contributed by atoms with van der Waals surface area (Å²) < 4.78 is 0. The second-order valence-corrected chi connectivity index (χ2v) is 18.4. The molecular formula is C66H48Cl2N2. The zero-order valence-electron chi connectivity index (χ0n) is 38.4. The second-order valence-electron chi connectivity index (χ2n) is 17.5. The Labute approximate surface area is 421 Å². The highest BCUT2D eigenvalue weighted by Gasteiger charge is 2.50. The number of benzene rings is 10. The number of hydrogen-bond acceptors (Lipinski definition) is 2. The highest BCUT2D eigenvalue weighted by Crippen LogP contribution is 2.61. The lowest BCUT2D eigenvalue weighted by Gasteiger charge is -2.48. The Bertz CT molecular complexity index is 3420. The SMILES string of the molecule is Clc1cccc(N(c2ccccc2)c2ccc(C3=CC(c4ccccc4)C(c4ccccc4)(c4ccc(N(c5ccccc5)c5cccc(Cl)c5)cc4)C(c4ccccc4)=C3c3ccccc3)cc2)c1. The minimum absolute atomic E-state index is 0.162. The molecule has 10 aromatic rings. The van der Waals surface area contributed by atoms with Gasteiger partial charge in [0, 0.05) is 50.1 Å². The summed E-state index contributed by atoms with van der Waals surface area (Å²) in [5.74, 6) is -0.162. The maximum absolute atomic E-state index is 6.68. The van der Waals surface area contributed by atoms with Gasteiger partial charge in [0.2, 0.25) is 0 Å². The van der Waals surface area contributed by atoms with E-state index in [1.165, 1.54) is 33.4 Å². The maximum Gasteiger partial charge on any atom is 0.0566 e. The van der Waals surface area contributed by atoms with E-state index in [0.717, 1.165) is 50.8 Å². The van der Waals surface area contributed by atoms with Crippen LogP contribution in [0.4, 0.5) is 34.1 Å². The van der Waals surface area contributed by atoms with Crippen molar-refractivity contribution < 1.29 is 0 Å². The highest BCUT2D eigenvalue weighted by atomic mass is 35.5. The van der Waals surface area contributed by atoms with Gasteiger partial charge in [0.25, 0.3) is 0 Å². The van der Waals surface area contributed by atoms with Crippen LogP contribution in [0.3, 0.4) is 0 Å². The van der Waals surface area contributed by atoms with Crippen molar-refractivity contribution in [1.29, 1.82) is 0 Å². The summed E-state index contributed by atoms with van der Waals surface area (Å²) in [6.45, 7) is 0. The lowest BCUT2D eigenvalue weighted by molar-refractivity contribution is 0.587. The summed E-state index contributed by atoms with van der Waals surface area (Å²) in [6, 6.07) is 99.6. The van der Waals surface area contributed by atoms with Gasteiger partial charge in [-0.3, -0.25) is 0 Å². The third-order valence-electron chi connectivity index (χ3n) is 13.4. The normalized spacial score (nSPS) is 15.5. The average molecular weight is 940 g/mol. The van der Waals surface area contributed by atoms with Crippen LogP contribution < -0.4 is 9.80 Å². The highest BCUT2D eigenvalue weighted by molar-refractivity contribution is 6.31. The van der Waals surface area contributed by atoms with Gasteiger partial charge in [-0.1, -0.05) is 223 Å². The molecule has 70 heavy (non-hydrogen) atoms. The molecule has 0 saturated carbocycles. The van der Waals surface area contributed by atoms with E-state index in [9.17, 15) is 0 Å². The van der Waals surface area contributed by atoms with E-state index >= 15 is 0 Å². The van der Waals surface area contributed by atoms with Crippen molar-refractivity contribution in [2.24, 2.45) is 0 Å². The van der Waals surface area contributed by atoms with Crippen LogP contribution in [-0.2, 0) is 5.41 Å². The van der Waals surface area contributed by atoms with E-state index < -0.39 is 5.41 Å². The van der Waals surface area contributed by atoms with E-state index in [0.29, 0.717) is 10.0 Å². The fraction of sp³-hybridized carbons (Fsp3) is 0.0303. The van der Waals surface area contributed by atoms with Crippen LogP contribution in [0.5, 0.6) is 0 Å². The predicted molar refractivity (Wildman–Crippen MR) is 296 cm³/mol. The number of halogens is 2. The molecule has 0 aromatic heterocycles. The van der Waals surface area contributed by atoms with E-state index in [4.69, 9.17) is 23.2 Å². The third-order valence-corrected chi connectivity index (χ3v) is 13.9. The molecule has 0 heterocycles. The van der Waals surface area contributed by atoms with E-state index in [2.05, 4.69) is 252 Å². The molecule has 0 fully saturated rings. The van der Waals surface area contributed by atoms with Gasteiger partial charge < -0.3 is 9.80 Å². The number of para-hydroxylation sites is 2. The quantitative estimate of drug-likeness (QED) is 0.120. The molecule has 336 valence electrons. The number of hydrogen-bond donors (Lipinski definition) is 0. The van der Waals surface area contributed by atoms with Crippen LogP contribution in [0, 0.1) is 0 Å². The van der Waals surface area contributed by atoms with E-state index in [-0.39, 0.29) is 5.92 Å². The zero-order chi connectivity index (χ0) is 47.3. The van der Waals surface area contributed by atoms with Gasteiger partial charge in [0.15, 0.2) is 0 Å². The molecule has 0 amide bonds. The number of anilines is 6. The topological polar surface area (TPSA) is 6.48 Å². The monoisotopic (exact) mass is 938 g/mol. The summed E-state index contributed by atoms with van der Waals surface area (Å²) in [5, 5.41) is 1.37. The summed E-state index contributed by atoms with van der Waals surface area (Å²) in [6.07, 6.45) is 2.55. The summed E-state index contributed by atoms with van der Waals surface area (Å²) in [5.41, 5.74) is 16.0. The third kappa shape index (κ3) is 8.54. The molecule has 0 spiro atoms. The first-order valence-electron chi connectivity index (χ1n) is 23.7. The minimum Gasteiger partial charge on any atom is -0.310 e. The largest absolute Gasteiger partial charge is 0.310 e. The van der Waals surface area contributed by atoms with Crippen molar-refractivity contribution in [1.82, 2.24) is 0 Å². The Balaban J connectivity index is 1.18. The Kier molecular flexibility index (Phi) is 12.6. The number of nitrogens with zero attached hydrogens (tertiary/aromatic N) is 2. The van der Waals surface area contributed by atoms with Crippen molar-refractivity contribution in [3.63, 3.8) is 0 Å². The van der Waals surface area contributed by atoms with Crippen molar-refractivity contribution in [2.75, 3.05) is 9.80 Å². The fourth-order valence-corrected chi connectivity index (χ4v) is 10.8. The van der Waals surface area contributed by atoms with Gasteiger partial charge in [-0.05, 0) is 135 Å². The van der Waals surface area contributed by atoms with Gasteiger partial charge >= 0.3 is 0 Å². The Morgan fingerprint density at radius 2 is 0.700 bits per heavy atom. The molecule has 0 radical (unpaired) electrons. The first kappa shape index (κ1) is 44.4. The van der Waals surface area contributed by atoms with Gasteiger partial charge in [-0.2, -0.15) is 0 Å². The van der Waals surface area contributed by atoms with Crippen LogP contribution in [0.25, 0.3) is 16.7 Å². The number of allylic oxidation sites excluding steroid dienone is 4. The molecule has 10 aromatic carbocycles. The zero-order valence-corrected chi connectivity index (χ0v) is 39.9. The average Bonchev–Trinajstić information content (AvgIpc) is 3.42. The fourth-order valence-electron chi connectivity index (χ4n) is 10.4. The second kappa shape index (κ2) is 19.8. The van der Waals surface area contributed by atoms with Crippen molar-refractivity contribution in [3.8, 4) is 0 Å². The van der Waals surface area contributed by atoms with Crippen LogP contribution in [0.2, 0.25) is 10.0 Å². The van der Waals surface area contributed by atoms with Crippen LogP contribution in [0.1, 0.15) is 39.3 Å². The number of rotatable bonds is 12. The molecule has 2 atom stereocenters. The first-order valence-corrected chi connectivity index (χ1v) is 24.4. The Morgan fingerprint density at radius 3 is 1.19 bits per heavy atom. The van der Waals surface area contributed by atoms with E-state index in [1.807, 2.05) is 42.5 Å². The van der Waals surface area contributed by atoms with Gasteiger partial charge in [0.05, 0.1) is 5.41 Å². The van der Waals surface area contributed by atoms with Gasteiger partial charge in [-0.15, -0.1) is 0 Å². The van der Waals surface area contributed by atoms with Crippen molar-refractivity contribution >= 4 is 74.0 Å². The lowest BCUT2D eigenvalue weighted by atomic mass is 9.54. The van der Waals surface area contributed by atoms with Crippen molar-refractivity contribution in [3.05, 3.63) is 329 Å². The molecular weight excluding hydrogens is 892 g/mol. The predicted octanol–water partition coefficient (Wildman–Crippen LogP) is 18.7. The van der Waals surface area contributed by atoms with Crippen LogP contribution in [-0.4, -0.2) is 0 Å². The Hall–Kier alpha value is -8.14. The minimum atomic E-state index is -0.735. The molecule has 2 nitrogen and oxygen atoms in total. The molecule has 11 rings (SSSR count). The maximum atomic E-state index is 6.68. The van der Waals surface area contributed by atoms with E-state index in [1.54, 1.807) is 0 Å². The van der Waals surface area contributed by atoms with Gasteiger partial charge in [-0.25, -0.2) is 0 Å². The molecule has 0 aliphatic heterocycles. The molecule has 0 bridgehead atoms. The molecule has 0 saturated heterocycles. The lowest BCUT2D eigenvalue weighted by Crippen LogP contribution is -2.39. The standard InChI is InChI=1S/C66H48Cl2N2/c67-54-29-19-35-60(45-54)69(56-31-15-5-16-32-56)58-41-37-48(38-42-58)62-47-63(49-21-7-1-8-22-49)66(52-27-13-4-14-28-52,65(51-25-11-3-12-26-51)64(62)50-23-9-2-10-24-50)53-39-43-59(44-40-53)70(57-33-17-6-18-34-57)61-36-20-30-55(68)46-61/h1-47,63H. The summed E-state index contributed by atoms with van der Waals surface area (Å²) in [4.78, 5) is 4.53. The van der Waals surface area contributed by atoms with Crippen molar-refractivity contribution in [2.45, 2.75) is 11.3 Å². The van der Waals surface area contributed by atoms with Crippen LogP contribution >= 0.6 is 23.2 Å². The summed E-state index contributed by atoms with van der Waals surface area (Å²) in [7, 11) is 0. The molecule has 0 N–H and O–H groups in total. The Morgan fingerprint density at radius 1 is 0.314 bits per heavy atom. The first-order chi connectivity index (χ1) is 34.6. The molecule has 4 heteroatoms. The van der Waals surface area contributed by atoms with Crippen LogP contribution in [0.15, 0.2) is 285 Å². The molecule has 1 aliphatic rings. The van der Waals surface area contributed by atoms with Gasteiger partial charge in [0.1, 0.15) is 0 Å². The molecule has 1 aliphatic carbocycles.